The number of alkyl halides is 3. The average molecular weight is 302 g/mol. The lowest BCUT2D eigenvalue weighted by molar-refractivity contribution is -0.274. The number of carbonyl (C=O) groups is 1. The van der Waals surface area contributed by atoms with Crippen molar-refractivity contribution in [2.45, 2.75) is 6.36 Å². The van der Waals surface area contributed by atoms with Gasteiger partial charge in [0.2, 0.25) is 0 Å². The smallest absolute Gasteiger partial charge is 0.406 e. The Hall–Kier alpha value is -2.08. The lowest BCUT2D eigenvalue weighted by atomic mass is 10.1. The molecule has 0 fully saturated rings. The zero-order valence-corrected chi connectivity index (χ0v) is 10.6. The van der Waals surface area contributed by atoms with Crippen LogP contribution in [-0.4, -0.2) is 17.6 Å². The molecular formula is C13H7ClF3NO2. The number of aldehydes is 1. The van der Waals surface area contributed by atoms with E-state index in [9.17, 15) is 18.0 Å². The number of nitrogens with zero attached hydrogens (tertiary/aromatic N) is 1. The number of pyridine rings is 1. The molecule has 0 N–H and O–H groups in total. The Morgan fingerprint density at radius 3 is 2.30 bits per heavy atom. The molecule has 1 aromatic heterocycles. The number of halogens is 4. The minimum Gasteiger partial charge on any atom is -0.406 e. The van der Waals surface area contributed by atoms with Gasteiger partial charge in [0.05, 0.1) is 5.02 Å². The summed E-state index contributed by atoms with van der Waals surface area (Å²) < 4.78 is 39.8. The Bertz CT molecular complexity index is 627. The molecule has 2 rings (SSSR count). The van der Waals surface area contributed by atoms with E-state index in [1.54, 1.807) is 0 Å². The number of aromatic nitrogens is 1. The third kappa shape index (κ3) is 3.48. The van der Waals surface area contributed by atoms with Gasteiger partial charge in [0.15, 0.2) is 6.29 Å². The van der Waals surface area contributed by atoms with Crippen LogP contribution in [0.5, 0.6) is 5.75 Å². The van der Waals surface area contributed by atoms with Gasteiger partial charge in [-0.2, -0.15) is 0 Å². The van der Waals surface area contributed by atoms with Crippen molar-refractivity contribution in [3.8, 4) is 16.9 Å². The minimum atomic E-state index is -4.72. The highest BCUT2D eigenvalue weighted by molar-refractivity contribution is 6.32. The summed E-state index contributed by atoms with van der Waals surface area (Å²) in [6.45, 7) is 0. The molecule has 0 saturated carbocycles. The largest absolute Gasteiger partial charge is 0.573 e. The first kappa shape index (κ1) is 14.3. The van der Waals surface area contributed by atoms with Crippen LogP contribution in [0, 0.1) is 0 Å². The van der Waals surface area contributed by atoms with Crippen molar-refractivity contribution in [2.75, 3.05) is 0 Å². The lowest BCUT2D eigenvalue weighted by Crippen LogP contribution is -2.16. The number of carbonyl (C=O) groups excluding carboxylic acids is 1. The highest BCUT2D eigenvalue weighted by Crippen LogP contribution is 2.27. The van der Waals surface area contributed by atoms with Crippen LogP contribution in [0.4, 0.5) is 13.2 Å². The summed E-state index contributed by atoms with van der Waals surface area (Å²) in [7, 11) is 0. The standard InChI is InChI=1S/C13H7ClF3NO2/c14-11-5-9(6-18-12(11)7-19)8-1-3-10(4-2-8)20-13(15,16)17/h1-7H. The fraction of sp³-hybridized carbons (Fsp3) is 0.0769. The van der Waals surface area contributed by atoms with Crippen LogP contribution in [0.25, 0.3) is 11.1 Å². The fourth-order valence-electron chi connectivity index (χ4n) is 1.54. The number of rotatable bonds is 3. The van der Waals surface area contributed by atoms with E-state index in [2.05, 4.69) is 9.72 Å². The molecule has 0 saturated heterocycles. The zero-order valence-electron chi connectivity index (χ0n) is 9.82. The topological polar surface area (TPSA) is 39.2 Å². The van der Waals surface area contributed by atoms with E-state index in [1.165, 1.54) is 36.5 Å². The third-order valence-corrected chi connectivity index (χ3v) is 2.71. The van der Waals surface area contributed by atoms with Gasteiger partial charge < -0.3 is 4.74 Å². The van der Waals surface area contributed by atoms with Crippen molar-refractivity contribution in [3.63, 3.8) is 0 Å². The molecule has 0 radical (unpaired) electrons. The van der Waals surface area contributed by atoms with Crippen LogP contribution in [0.15, 0.2) is 36.5 Å². The highest BCUT2D eigenvalue weighted by atomic mass is 35.5. The summed E-state index contributed by atoms with van der Waals surface area (Å²) in [5.74, 6) is -0.315. The van der Waals surface area contributed by atoms with Gasteiger partial charge in [-0.15, -0.1) is 13.2 Å². The first-order chi connectivity index (χ1) is 9.39. The summed E-state index contributed by atoms with van der Waals surface area (Å²) in [4.78, 5) is 14.4. The number of hydrogen-bond acceptors (Lipinski definition) is 3. The van der Waals surface area contributed by atoms with E-state index < -0.39 is 6.36 Å². The molecule has 0 aliphatic rings. The summed E-state index contributed by atoms with van der Waals surface area (Å²) in [5, 5.41) is 0.174. The molecule has 0 atom stereocenters. The number of hydrogen-bond donors (Lipinski definition) is 0. The quantitative estimate of drug-likeness (QED) is 0.801. The van der Waals surface area contributed by atoms with Gasteiger partial charge in [-0.1, -0.05) is 23.7 Å². The molecule has 0 amide bonds. The van der Waals surface area contributed by atoms with Crippen molar-refractivity contribution < 1.29 is 22.7 Å². The van der Waals surface area contributed by atoms with E-state index in [1.807, 2.05) is 0 Å². The van der Waals surface area contributed by atoms with Crippen LogP contribution >= 0.6 is 11.6 Å². The molecule has 0 spiro atoms. The van der Waals surface area contributed by atoms with Crippen molar-refractivity contribution in [1.29, 1.82) is 0 Å². The molecule has 104 valence electrons. The number of ether oxygens (including phenoxy) is 1. The Morgan fingerprint density at radius 2 is 1.80 bits per heavy atom. The maximum Gasteiger partial charge on any atom is 0.573 e. The highest BCUT2D eigenvalue weighted by Gasteiger charge is 2.30. The lowest BCUT2D eigenvalue weighted by Gasteiger charge is -2.09. The molecule has 1 aromatic carbocycles. The van der Waals surface area contributed by atoms with E-state index in [-0.39, 0.29) is 16.5 Å². The van der Waals surface area contributed by atoms with Crippen LogP contribution in [-0.2, 0) is 0 Å². The molecule has 7 heteroatoms. The molecule has 0 aliphatic heterocycles. The van der Waals surface area contributed by atoms with Crippen molar-refractivity contribution in [3.05, 3.63) is 47.2 Å². The molecule has 2 aromatic rings. The maximum absolute atomic E-state index is 12.0. The van der Waals surface area contributed by atoms with Gasteiger partial charge in [0.1, 0.15) is 11.4 Å². The van der Waals surface area contributed by atoms with Crippen LogP contribution in [0.2, 0.25) is 5.02 Å². The van der Waals surface area contributed by atoms with E-state index in [4.69, 9.17) is 11.6 Å². The molecule has 0 bridgehead atoms. The van der Waals surface area contributed by atoms with Crippen LogP contribution in [0.3, 0.4) is 0 Å². The monoisotopic (exact) mass is 301 g/mol. The van der Waals surface area contributed by atoms with E-state index in [0.29, 0.717) is 17.4 Å². The van der Waals surface area contributed by atoms with Crippen LogP contribution < -0.4 is 4.74 Å². The van der Waals surface area contributed by atoms with Gasteiger partial charge in [-0.25, -0.2) is 0 Å². The van der Waals surface area contributed by atoms with E-state index in [0.717, 1.165) is 0 Å². The predicted octanol–water partition coefficient (Wildman–Crippen LogP) is 4.11. The summed E-state index contributed by atoms with van der Waals surface area (Å²) in [6.07, 6.45) is -2.79. The predicted molar refractivity (Wildman–Crippen MR) is 66.8 cm³/mol. The Morgan fingerprint density at radius 1 is 1.15 bits per heavy atom. The zero-order chi connectivity index (χ0) is 14.8. The van der Waals surface area contributed by atoms with Gasteiger partial charge in [-0.3, -0.25) is 9.78 Å². The SMILES string of the molecule is O=Cc1ncc(-c2ccc(OC(F)(F)F)cc2)cc1Cl. The number of benzene rings is 1. The van der Waals surface area contributed by atoms with Crippen molar-refractivity contribution in [1.82, 2.24) is 4.98 Å². The summed E-state index contributed by atoms with van der Waals surface area (Å²) in [5.41, 5.74) is 1.29. The van der Waals surface area contributed by atoms with Crippen molar-refractivity contribution in [2.24, 2.45) is 0 Å². The van der Waals surface area contributed by atoms with Gasteiger partial charge in [-0.05, 0) is 23.8 Å². The summed E-state index contributed by atoms with van der Waals surface area (Å²) >= 11 is 5.83. The Kier molecular flexibility index (Phi) is 3.94. The molecule has 20 heavy (non-hydrogen) atoms. The van der Waals surface area contributed by atoms with Gasteiger partial charge >= 0.3 is 6.36 Å². The molecule has 0 unspecified atom stereocenters. The minimum absolute atomic E-state index is 0.104. The van der Waals surface area contributed by atoms with Crippen molar-refractivity contribution >= 4 is 17.9 Å². The molecule has 0 aliphatic carbocycles. The van der Waals surface area contributed by atoms with Gasteiger partial charge in [0.25, 0.3) is 0 Å². The molecule has 3 nitrogen and oxygen atoms in total. The Labute approximate surface area is 117 Å². The first-order valence-corrected chi connectivity index (χ1v) is 5.74. The van der Waals surface area contributed by atoms with E-state index >= 15 is 0 Å². The van der Waals surface area contributed by atoms with Crippen LogP contribution in [0.1, 0.15) is 10.5 Å². The van der Waals surface area contributed by atoms with Gasteiger partial charge in [0, 0.05) is 11.8 Å². The fourth-order valence-corrected chi connectivity index (χ4v) is 1.75. The Balaban J connectivity index is 2.26. The second-order valence-corrected chi connectivity index (χ2v) is 4.19. The second-order valence-electron chi connectivity index (χ2n) is 3.78. The second kappa shape index (κ2) is 5.50. The average Bonchev–Trinajstić information content (AvgIpc) is 2.37. The third-order valence-electron chi connectivity index (χ3n) is 2.40. The molecule has 1 heterocycles. The normalized spacial score (nSPS) is 11.2. The maximum atomic E-state index is 12.0. The summed E-state index contributed by atoms with van der Waals surface area (Å²) in [6, 6.07) is 6.76. The molecular weight excluding hydrogens is 295 g/mol. The first-order valence-electron chi connectivity index (χ1n) is 5.36.